The number of hydrogen-bond donors (Lipinski definition) is 2. The summed E-state index contributed by atoms with van der Waals surface area (Å²) in [5.41, 5.74) is 1.01. The molecule has 0 bridgehead atoms. The second kappa shape index (κ2) is 7.38. The summed E-state index contributed by atoms with van der Waals surface area (Å²) < 4.78 is 28.6. The molecule has 24 heavy (non-hydrogen) atoms. The van der Waals surface area contributed by atoms with Gasteiger partial charge in [0.05, 0.1) is 18.1 Å². The first-order chi connectivity index (χ1) is 11.5. The molecule has 0 radical (unpaired) electrons. The van der Waals surface area contributed by atoms with Gasteiger partial charge in [-0.2, -0.15) is 0 Å². The fourth-order valence-electron chi connectivity index (χ4n) is 2.57. The normalized spacial score (nSPS) is 23.0. The molecule has 7 nitrogen and oxygen atoms in total. The third-order valence-electron chi connectivity index (χ3n) is 4.22. The number of ether oxygens (including phenoxy) is 1. The molecule has 2 fully saturated rings. The van der Waals surface area contributed by atoms with Gasteiger partial charge in [0.15, 0.2) is 15.8 Å². The molecule has 1 atom stereocenters. The maximum absolute atomic E-state index is 11.5. The van der Waals surface area contributed by atoms with Crippen LogP contribution in [0.2, 0.25) is 0 Å². The molecule has 0 amide bonds. The second-order valence-electron chi connectivity index (χ2n) is 6.43. The quantitative estimate of drug-likeness (QED) is 0.579. The average molecular weight is 352 g/mol. The SMILES string of the molecule is CN=C(NCc1ccc(OCC2CC2)nc1)NC1CCS(=O)(=O)C1. The number of rotatable bonds is 6. The second-order valence-corrected chi connectivity index (χ2v) is 8.66. The maximum Gasteiger partial charge on any atom is 0.213 e. The standard InChI is InChI=1S/C16H24N4O3S/c1-17-16(20-14-6-7-24(21,22)11-14)19-9-13-4-5-15(18-8-13)23-10-12-2-3-12/h4-5,8,12,14H,2-3,6-7,9-11H2,1H3,(H2,17,19,20). The van der Waals surface area contributed by atoms with E-state index in [1.807, 2.05) is 12.1 Å². The monoisotopic (exact) mass is 352 g/mol. The maximum atomic E-state index is 11.5. The van der Waals surface area contributed by atoms with E-state index in [1.165, 1.54) is 12.8 Å². The van der Waals surface area contributed by atoms with Gasteiger partial charge in [0, 0.05) is 31.9 Å². The lowest BCUT2D eigenvalue weighted by molar-refractivity contribution is 0.288. The van der Waals surface area contributed by atoms with Gasteiger partial charge in [0.1, 0.15) is 0 Å². The van der Waals surface area contributed by atoms with Crippen LogP contribution in [0.15, 0.2) is 23.3 Å². The van der Waals surface area contributed by atoms with Crippen LogP contribution in [0.4, 0.5) is 0 Å². The van der Waals surface area contributed by atoms with Crippen molar-refractivity contribution in [3.8, 4) is 5.88 Å². The molecule has 0 aromatic carbocycles. The molecule has 1 aliphatic heterocycles. The van der Waals surface area contributed by atoms with Gasteiger partial charge in [-0.05, 0) is 30.7 Å². The highest BCUT2D eigenvalue weighted by molar-refractivity contribution is 7.91. The molecule has 1 aromatic heterocycles. The average Bonchev–Trinajstić information content (AvgIpc) is 3.33. The van der Waals surface area contributed by atoms with Gasteiger partial charge in [0.25, 0.3) is 0 Å². The molecular formula is C16H24N4O3S. The summed E-state index contributed by atoms with van der Waals surface area (Å²) in [6, 6.07) is 3.77. The van der Waals surface area contributed by atoms with Crippen LogP contribution < -0.4 is 15.4 Å². The molecule has 1 aromatic rings. The number of aliphatic imine (C=N–C) groups is 1. The predicted molar refractivity (Wildman–Crippen MR) is 92.8 cm³/mol. The Hall–Kier alpha value is -1.83. The first-order valence-electron chi connectivity index (χ1n) is 8.29. The number of aromatic nitrogens is 1. The van der Waals surface area contributed by atoms with Gasteiger partial charge >= 0.3 is 0 Å². The van der Waals surface area contributed by atoms with E-state index in [9.17, 15) is 8.42 Å². The Morgan fingerprint density at radius 2 is 2.21 bits per heavy atom. The van der Waals surface area contributed by atoms with Crippen molar-refractivity contribution in [3.63, 3.8) is 0 Å². The Bertz CT molecular complexity index is 684. The lowest BCUT2D eigenvalue weighted by atomic mass is 10.2. The lowest BCUT2D eigenvalue weighted by Crippen LogP contribution is -2.43. The summed E-state index contributed by atoms with van der Waals surface area (Å²) in [7, 11) is -1.23. The fraction of sp³-hybridized carbons (Fsp3) is 0.625. The van der Waals surface area contributed by atoms with E-state index >= 15 is 0 Å². The van der Waals surface area contributed by atoms with E-state index in [-0.39, 0.29) is 17.5 Å². The Labute approximate surface area is 142 Å². The summed E-state index contributed by atoms with van der Waals surface area (Å²) >= 11 is 0. The van der Waals surface area contributed by atoms with Crippen molar-refractivity contribution in [2.45, 2.75) is 31.8 Å². The molecule has 1 aliphatic carbocycles. The molecule has 1 saturated carbocycles. The van der Waals surface area contributed by atoms with E-state index in [0.717, 1.165) is 12.2 Å². The summed E-state index contributed by atoms with van der Waals surface area (Å²) in [4.78, 5) is 8.44. The van der Waals surface area contributed by atoms with Crippen molar-refractivity contribution < 1.29 is 13.2 Å². The van der Waals surface area contributed by atoms with Gasteiger partial charge in [0.2, 0.25) is 5.88 Å². The molecule has 1 saturated heterocycles. The number of nitrogens with one attached hydrogen (secondary N) is 2. The number of guanidine groups is 1. The van der Waals surface area contributed by atoms with Crippen LogP contribution in [0.1, 0.15) is 24.8 Å². The topological polar surface area (TPSA) is 92.7 Å². The van der Waals surface area contributed by atoms with Gasteiger partial charge in [-0.15, -0.1) is 0 Å². The molecule has 1 unspecified atom stereocenters. The van der Waals surface area contributed by atoms with Crippen molar-refractivity contribution in [1.82, 2.24) is 15.6 Å². The predicted octanol–water partition coefficient (Wildman–Crippen LogP) is 0.723. The smallest absolute Gasteiger partial charge is 0.213 e. The molecule has 8 heteroatoms. The minimum Gasteiger partial charge on any atom is -0.477 e. The zero-order valence-corrected chi connectivity index (χ0v) is 14.7. The molecule has 3 rings (SSSR count). The van der Waals surface area contributed by atoms with E-state index in [4.69, 9.17) is 4.74 Å². The van der Waals surface area contributed by atoms with Crippen LogP contribution in [0, 0.1) is 5.92 Å². The van der Waals surface area contributed by atoms with E-state index < -0.39 is 9.84 Å². The first kappa shape index (κ1) is 17.0. The van der Waals surface area contributed by atoms with Gasteiger partial charge < -0.3 is 15.4 Å². The van der Waals surface area contributed by atoms with Crippen molar-refractivity contribution >= 4 is 15.8 Å². The number of sulfone groups is 1. The largest absolute Gasteiger partial charge is 0.477 e. The van der Waals surface area contributed by atoms with E-state index in [2.05, 4.69) is 20.6 Å². The van der Waals surface area contributed by atoms with Crippen molar-refractivity contribution in [2.24, 2.45) is 10.9 Å². The molecule has 2 N–H and O–H groups in total. The van der Waals surface area contributed by atoms with Crippen LogP contribution in [-0.4, -0.2) is 50.6 Å². The Kier molecular flexibility index (Phi) is 5.23. The van der Waals surface area contributed by atoms with Gasteiger partial charge in [-0.1, -0.05) is 6.07 Å². The van der Waals surface area contributed by atoms with E-state index in [1.54, 1.807) is 13.2 Å². The molecular weight excluding hydrogens is 328 g/mol. The molecule has 2 aliphatic rings. The lowest BCUT2D eigenvalue weighted by Gasteiger charge is -2.16. The fourth-order valence-corrected chi connectivity index (χ4v) is 4.24. The minimum absolute atomic E-state index is 0.0717. The summed E-state index contributed by atoms with van der Waals surface area (Å²) in [5.74, 6) is 2.38. The Balaban J connectivity index is 1.44. The van der Waals surface area contributed by atoms with Crippen LogP contribution in [-0.2, 0) is 16.4 Å². The molecule has 2 heterocycles. The van der Waals surface area contributed by atoms with Crippen LogP contribution >= 0.6 is 0 Å². The zero-order valence-electron chi connectivity index (χ0n) is 13.9. The highest BCUT2D eigenvalue weighted by atomic mass is 32.2. The number of hydrogen-bond acceptors (Lipinski definition) is 5. The van der Waals surface area contributed by atoms with Crippen molar-refractivity contribution in [2.75, 3.05) is 25.2 Å². The minimum atomic E-state index is -2.90. The zero-order chi connectivity index (χ0) is 17.0. The van der Waals surface area contributed by atoms with Crippen LogP contribution in [0.5, 0.6) is 5.88 Å². The summed E-state index contributed by atoms with van der Waals surface area (Å²) in [5, 5.41) is 6.34. The van der Waals surface area contributed by atoms with Gasteiger partial charge in [-0.3, -0.25) is 4.99 Å². The van der Waals surface area contributed by atoms with Crippen LogP contribution in [0.25, 0.3) is 0 Å². The summed E-state index contributed by atoms with van der Waals surface area (Å²) in [6.45, 7) is 1.32. The third kappa shape index (κ3) is 5.09. The molecule has 132 valence electrons. The Morgan fingerprint density at radius 3 is 2.79 bits per heavy atom. The first-order valence-corrected chi connectivity index (χ1v) is 10.1. The third-order valence-corrected chi connectivity index (χ3v) is 5.99. The number of pyridine rings is 1. The van der Waals surface area contributed by atoms with Crippen molar-refractivity contribution in [1.29, 1.82) is 0 Å². The number of nitrogens with zero attached hydrogens (tertiary/aromatic N) is 2. The van der Waals surface area contributed by atoms with E-state index in [0.29, 0.717) is 30.7 Å². The highest BCUT2D eigenvalue weighted by Crippen LogP contribution is 2.29. The summed E-state index contributed by atoms with van der Waals surface area (Å²) in [6.07, 6.45) is 4.92. The van der Waals surface area contributed by atoms with Crippen LogP contribution in [0.3, 0.4) is 0 Å². The van der Waals surface area contributed by atoms with Gasteiger partial charge in [-0.25, -0.2) is 13.4 Å². The highest BCUT2D eigenvalue weighted by Gasteiger charge is 2.28. The van der Waals surface area contributed by atoms with Crippen molar-refractivity contribution in [3.05, 3.63) is 23.9 Å². The molecule has 0 spiro atoms. The Morgan fingerprint density at radius 1 is 1.38 bits per heavy atom.